The average molecular weight is 458 g/mol. The smallest absolute Gasteiger partial charge is 0.191 e. The molecule has 136 valence electrons. The molecule has 2 N–H and O–H groups in total. The monoisotopic (exact) mass is 458 g/mol. The number of hydrogen-bond acceptors (Lipinski definition) is 4. The number of rotatable bonds is 4. The van der Waals surface area contributed by atoms with Gasteiger partial charge in [-0.15, -0.1) is 24.0 Å². The van der Waals surface area contributed by atoms with E-state index in [-0.39, 0.29) is 41.5 Å². The Morgan fingerprint density at radius 1 is 1.35 bits per heavy atom. The maximum Gasteiger partial charge on any atom is 0.191 e. The third-order valence-electron chi connectivity index (χ3n) is 4.78. The second-order valence-electron chi connectivity index (χ2n) is 6.63. The van der Waals surface area contributed by atoms with Gasteiger partial charge in [-0.2, -0.15) is 0 Å². The van der Waals surface area contributed by atoms with Crippen LogP contribution in [0.3, 0.4) is 0 Å². The Morgan fingerprint density at radius 3 is 2.65 bits per heavy atom. The summed E-state index contributed by atoms with van der Waals surface area (Å²) >= 11 is 0. The Labute approximate surface area is 157 Å². The van der Waals surface area contributed by atoms with Crippen molar-refractivity contribution in [2.24, 2.45) is 4.99 Å². The summed E-state index contributed by atoms with van der Waals surface area (Å²) in [6.45, 7) is 6.52. The van der Waals surface area contributed by atoms with Crippen LogP contribution < -0.4 is 10.6 Å². The van der Waals surface area contributed by atoms with Gasteiger partial charge >= 0.3 is 0 Å². The quantitative estimate of drug-likeness (QED) is 0.377. The molecule has 2 rings (SSSR count). The topological polar surface area (TPSA) is 73.8 Å². The minimum Gasteiger partial charge on any atom is -0.355 e. The lowest BCUT2D eigenvalue weighted by atomic mass is 10.0. The highest BCUT2D eigenvalue weighted by Crippen LogP contribution is 2.18. The molecule has 2 saturated heterocycles. The van der Waals surface area contributed by atoms with E-state index in [1.807, 2.05) is 0 Å². The highest BCUT2D eigenvalue weighted by Gasteiger charge is 2.28. The number of piperidine rings is 1. The van der Waals surface area contributed by atoms with Crippen LogP contribution >= 0.6 is 24.0 Å². The molecule has 23 heavy (non-hydrogen) atoms. The van der Waals surface area contributed by atoms with Crippen molar-refractivity contribution in [2.75, 3.05) is 31.6 Å². The number of halogens is 1. The highest BCUT2D eigenvalue weighted by atomic mass is 127. The first-order chi connectivity index (χ1) is 10.4. The van der Waals surface area contributed by atoms with E-state index in [1.165, 1.54) is 19.3 Å². The van der Waals surface area contributed by atoms with Crippen molar-refractivity contribution in [3.63, 3.8) is 0 Å². The van der Waals surface area contributed by atoms with Crippen molar-refractivity contribution < 1.29 is 8.42 Å². The first-order valence-electron chi connectivity index (χ1n) is 8.34. The van der Waals surface area contributed by atoms with Crippen LogP contribution in [-0.2, 0) is 9.84 Å². The molecule has 0 radical (unpaired) electrons. The molecule has 0 spiro atoms. The SMILES string of the molecule is CN=C(NCC(C)N1CCCCC1C)NC1CCS(=O)(=O)C1.I. The lowest BCUT2D eigenvalue weighted by Gasteiger charge is -2.38. The van der Waals surface area contributed by atoms with Gasteiger partial charge in [0, 0.05) is 31.7 Å². The van der Waals surface area contributed by atoms with E-state index in [2.05, 4.69) is 34.4 Å². The molecule has 2 aliphatic heterocycles. The average Bonchev–Trinajstić information content (AvgIpc) is 2.82. The van der Waals surface area contributed by atoms with Gasteiger partial charge in [-0.05, 0) is 39.7 Å². The largest absolute Gasteiger partial charge is 0.355 e. The van der Waals surface area contributed by atoms with Crippen molar-refractivity contribution in [1.82, 2.24) is 15.5 Å². The lowest BCUT2D eigenvalue weighted by Crippen LogP contribution is -2.51. The van der Waals surface area contributed by atoms with E-state index in [0.29, 0.717) is 24.5 Å². The normalized spacial score (nSPS) is 29.6. The number of likely N-dealkylation sites (tertiary alicyclic amines) is 1. The van der Waals surface area contributed by atoms with Gasteiger partial charge in [0.2, 0.25) is 0 Å². The van der Waals surface area contributed by atoms with Gasteiger partial charge in [0.1, 0.15) is 0 Å². The van der Waals surface area contributed by atoms with Gasteiger partial charge in [-0.3, -0.25) is 9.89 Å². The van der Waals surface area contributed by atoms with E-state index in [9.17, 15) is 8.42 Å². The molecule has 8 heteroatoms. The Balaban J connectivity index is 0.00000264. The predicted octanol–water partition coefficient (Wildman–Crippen LogP) is 1.22. The zero-order valence-corrected chi connectivity index (χ0v) is 17.6. The van der Waals surface area contributed by atoms with Crippen LogP contribution in [-0.4, -0.2) is 69.0 Å². The lowest BCUT2D eigenvalue weighted by molar-refractivity contribution is 0.115. The van der Waals surface area contributed by atoms with Crippen LogP contribution in [0.5, 0.6) is 0 Å². The van der Waals surface area contributed by atoms with Crippen LogP contribution in [0, 0.1) is 0 Å². The zero-order valence-electron chi connectivity index (χ0n) is 14.4. The van der Waals surface area contributed by atoms with Crippen LogP contribution in [0.15, 0.2) is 4.99 Å². The number of nitrogens with one attached hydrogen (secondary N) is 2. The van der Waals surface area contributed by atoms with Crippen LogP contribution in [0.2, 0.25) is 0 Å². The summed E-state index contributed by atoms with van der Waals surface area (Å²) in [5.74, 6) is 1.20. The van der Waals surface area contributed by atoms with Gasteiger partial charge in [0.05, 0.1) is 11.5 Å². The van der Waals surface area contributed by atoms with Crippen molar-refractivity contribution in [3.05, 3.63) is 0 Å². The molecule has 3 atom stereocenters. The fraction of sp³-hybridized carbons (Fsp3) is 0.933. The molecule has 3 unspecified atom stereocenters. The number of aliphatic imine (C=N–C) groups is 1. The molecule has 2 heterocycles. The summed E-state index contributed by atoms with van der Waals surface area (Å²) < 4.78 is 23.0. The molecule has 2 aliphatic rings. The molecule has 0 aromatic heterocycles. The van der Waals surface area contributed by atoms with E-state index >= 15 is 0 Å². The summed E-state index contributed by atoms with van der Waals surface area (Å²) in [6, 6.07) is 1.07. The van der Waals surface area contributed by atoms with Gasteiger partial charge < -0.3 is 10.6 Å². The Bertz CT molecular complexity index is 498. The summed E-state index contributed by atoms with van der Waals surface area (Å²) in [7, 11) is -1.13. The summed E-state index contributed by atoms with van der Waals surface area (Å²) in [5.41, 5.74) is 0. The Morgan fingerprint density at radius 2 is 2.09 bits per heavy atom. The van der Waals surface area contributed by atoms with E-state index < -0.39 is 9.84 Å². The molecule has 0 aliphatic carbocycles. The number of guanidine groups is 1. The van der Waals surface area contributed by atoms with Crippen LogP contribution in [0.1, 0.15) is 39.5 Å². The maximum atomic E-state index is 11.5. The highest BCUT2D eigenvalue weighted by molar-refractivity contribution is 14.0. The first kappa shape index (κ1) is 21.0. The molecule has 6 nitrogen and oxygen atoms in total. The maximum absolute atomic E-state index is 11.5. The van der Waals surface area contributed by atoms with E-state index in [1.54, 1.807) is 7.05 Å². The second-order valence-corrected chi connectivity index (χ2v) is 8.86. The molecule has 2 fully saturated rings. The molecule has 0 aromatic rings. The minimum atomic E-state index is -2.86. The van der Waals surface area contributed by atoms with Gasteiger partial charge in [0.15, 0.2) is 15.8 Å². The minimum absolute atomic E-state index is 0. The molecule has 0 bridgehead atoms. The van der Waals surface area contributed by atoms with Crippen LogP contribution in [0.4, 0.5) is 0 Å². The third kappa shape index (κ3) is 6.38. The first-order valence-corrected chi connectivity index (χ1v) is 10.2. The number of sulfone groups is 1. The molecular formula is C15H31IN4O2S. The van der Waals surface area contributed by atoms with Gasteiger partial charge in [-0.1, -0.05) is 6.42 Å². The summed E-state index contributed by atoms with van der Waals surface area (Å²) in [5, 5.41) is 6.58. The number of nitrogens with zero attached hydrogens (tertiary/aromatic N) is 2. The molecule has 0 aromatic carbocycles. The molecular weight excluding hydrogens is 427 g/mol. The Kier molecular flexibility index (Phi) is 8.57. The fourth-order valence-corrected chi connectivity index (χ4v) is 5.11. The van der Waals surface area contributed by atoms with Crippen molar-refractivity contribution >= 4 is 39.8 Å². The van der Waals surface area contributed by atoms with Crippen molar-refractivity contribution in [3.8, 4) is 0 Å². The van der Waals surface area contributed by atoms with E-state index in [4.69, 9.17) is 0 Å². The van der Waals surface area contributed by atoms with Crippen molar-refractivity contribution in [1.29, 1.82) is 0 Å². The third-order valence-corrected chi connectivity index (χ3v) is 6.55. The standard InChI is InChI=1S/C15H30N4O2S.HI/c1-12-6-4-5-8-19(12)13(2)10-17-15(16-3)18-14-7-9-22(20,21)11-14;/h12-14H,4-11H2,1-3H3,(H2,16,17,18);1H. The molecule has 0 saturated carbocycles. The molecule has 0 amide bonds. The second kappa shape index (κ2) is 9.41. The van der Waals surface area contributed by atoms with Crippen molar-refractivity contribution in [2.45, 2.75) is 57.7 Å². The van der Waals surface area contributed by atoms with Gasteiger partial charge in [0.25, 0.3) is 0 Å². The van der Waals surface area contributed by atoms with Gasteiger partial charge in [-0.25, -0.2) is 8.42 Å². The van der Waals surface area contributed by atoms with E-state index in [0.717, 1.165) is 13.1 Å². The predicted molar refractivity (Wildman–Crippen MR) is 106 cm³/mol. The summed E-state index contributed by atoms with van der Waals surface area (Å²) in [4.78, 5) is 6.76. The number of hydrogen-bond donors (Lipinski definition) is 2. The zero-order chi connectivity index (χ0) is 16.2. The fourth-order valence-electron chi connectivity index (χ4n) is 3.43. The Hall–Kier alpha value is -0.0900. The summed E-state index contributed by atoms with van der Waals surface area (Å²) in [6.07, 6.45) is 4.55. The van der Waals surface area contributed by atoms with Crippen LogP contribution in [0.25, 0.3) is 0 Å².